The maximum Gasteiger partial charge on any atom is 0.0255 e. The van der Waals surface area contributed by atoms with Gasteiger partial charge in [0.25, 0.3) is 0 Å². The highest BCUT2D eigenvalue weighted by molar-refractivity contribution is 5.45. The predicted octanol–water partition coefficient (Wildman–Crippen LogP) is 3.96. The first kappa shape index (κ1) is 13.0. The van der Waals surface area contributed by atoms with Crippen molar-refractivity contribution in [3.8, 4) is 23.7 Å². The first-order valence-corrected chi connectivity index (χ1v) is 6.45. The van der Waals surface area contributed by atoms with Crippen molar-refractivity contribution >= 4 is 0 Å². The van der Waals surface area contributed by atoms with E-state index in [0.717, 1.165) is 17.5 Å². The van der Waals surface area contributed by atoms with Crippen LogP contribution >= 0.6 is 0 Å². The normalized spacial score (nSPS) is 8.95. The molecule has 2 aromatic carbocycles. The summed E-state index contributed by atoms with van der Waals surface area (Å²) in [5.41, 5.74) is 4.58. The van der Waals surface area contributed by atoms with Gasteiger partial charge >= 0.3 is 0 Å². The van der Waals surface area contributed by atoms with Crippen LogP contribution in [0.15, 0.2) is 48.5 Å². The Morgan fingerprint density at radius 2 is 1.21 bits per heavy atom. The molecule has 0 aliphatic rings. The zero-order valence-electron chi connectivity index (χ0n) is 11.3. The minimum Gasteiger partial charge on any atom is -0.0613 e. The van der Waals surface area contributed by atoms with E-state index in [0.29, 0.717) is 0 Å². The fraction of sp³-hybridized carbons (Fsp3) is 0.158. The summed E-state index contributed by atoms with van der Waals surface area (Å²) in [6, 6.07) is 16.4. The van der Waals surface area contributed by atoms with Gasteiger partial charge in [0.2, 0.25) is 0 Å². The SMILES string of the molecule is CCc1ccc(C#CC#Cc2ccc(C)cc2)cc1. The first-order chi connectivity index (χ1) is 9.28. The molecule has 0 amide bonds. The summed E-state index contributed by atoms with van der Waals surface area (Å²) in [5, 5.41) is 0. The van der Waals surface area contributed by atoms with E-state index >= 15 is 0 Å². The highest BCUT2D eigenvalue weighted by Gasteiger charge is 1.88. The van der Waals surface area contributed by atoms with Crippen LogP contribution in [0.25, 0.3) is 0 Å². The summed E-state index contributed by atoms with van der Waals surface area (Å²) in [4.78, 5) is 0. The number of benzene rings is 2. The average Bonchev–Trinajstić information content (AvgIpc) is 2.46. The summed E-state index contributed by atoms with van der Waals surface area (Å²) < 4.78 is 0. The van der Waals surface area contributed by atoms with Crippen LogP contribution in [0.4, 0.5) is 0 Å². The molecule has 0 radical (unpaired) electrons. The topological polar surface area (TPSA) is 0 Å². The summed E-state index contributed by atoms with van der Waals surface area (Å²) in [7, 11) is 0. The third-order valence-corrected chi connectivity index (χ3v) is 2.89. The van der Waals surface area contributed by atoms with Crippen LogP contribution in [-0.4, -0.2) is 0 Å². The Kier molecular flexibility index (Phi) is 4.44. The molecule has 2 rings (SSSR count). The lowest BCUT2D eigenvalue weighted by Gasteiger charge is -1.94. The minimum atomic E-state index is 1.00. The van der Waals surface area contributed by atoms with Crippen molar-refractivity contribution in [1.82, 2.24) is 0 Å². The molecule has 0 heteroatoms. The van der Waals surface area contributed by atoms with Crippen molar-refractivity contribution in [3.63, 3.8) is 0 Å². The summed E-state index contributed by atoms with van der Waals surface area (Å²) in [5.74, 6) is 11.9. The van der Waals surface area contributed by atoms with Crippen molar-refractivity contribution in [1.29, 1.82) is 0 Å². The van der Waals surface area contributed by atoms with Crippen LogP contribution in [0.2, 0.25) is 0 Å². The molecule has 0 bridgehead atoms. The lowest BCUT2D eigenvalue weighted by molar-refractivity contribution is 1.14. The minimum absolute atomic E-state index is 1.00. The van der Waals surface area contributed by atoms with Crippen molar-refractivity contribution in [2.24, 2.45) is 0 Å². The van der Waals surface area contributed by atoms with Gasteiger partial charge in [-0.1, -0.05) is 48.6 Å². The van der Waals surface area contributed by atoms with Crippen LogP contribution in [-0.2, 0) is 6.42 Å². The molecule has 0 saturated heterocycles. The fourth-order valence-corrected chi connectivity index (χ4v) is 1.67. The highest BCUT2D eigenvalue weighted by Crippen LogP contribution is 2.03. The third-order valence-electron chi connectivity index (χ3n) is 2.89. The Morgan fingerprint density at radius 3 is 1.68 bits per heavy atom. The van der Waals surface area contributed by atoms with Gasteiger partial charge in [-0.3, -0.25) is 0 Å². The Bertz CT molecular complexity index is 650. The monoisotopic (exact) mass is 244 g/mol. The maximum atomic E-state index is 3.05. The van der Waals surface area contributed by atoms with Gasteiger partial charge < -0.3 is 0 Å². The molecule has 0 N–H and O–H groups in total. The lowest BCUT2D eigenvalue weighted by Crippen LogP contribution is -1.79. The molecule has 2 aromatic rings. The van der Waals surface area contributed by atoms with Crippen molar-refractivity contribution < 1.29 is 0 Å². The molecule has 0 saturated carbocycles. The zero-order chi connectivity index (χ0) is 13.5. The number of aryl methyl sites for hydroxylation is 2. The van der Waals surface area contributed by atoms with Crippen LogP contribution in [0, 0.1) is 30.6 Å². The van der Waals surface area contributed by atoms with Gasteiger partial charge in [0.15, 0.2) is 0 Å². The molecule has 0 nitrogen and oxygen atoms in total. The van der Waals surface area contributed by atoms with Crippen LogP contribution in [0.1, 0.15) is 29.2 Å². The van der Waals surface area contributed by atoms with Gasteiger partial charge in [-0.2, -0.15) is 0 Å². The third kappa shape index (κ3) is 4.06. The van der Waals surface area contributed by atoms with Crippen molar-refractivity contribution in [2.75, 3.05) is 0 Å². The largest absolute Gasteiger partial charge is 0.0613 e. The Morgan fingerprint density at radius 1 is 0.737 bits per heavy atom. The Hall–Kier alpha value is -2.44. The second-order valence-electron chi connectivity index (χ2n) is 4.42. The fourth-order valence-electron chi connectivity index (χ4n) is 1.67. The van der Waals surface area contributed by atoms with Crippen molar-refractivity contribution in [2.45, 2.75) is 20.3 Å². The molecule has 0 aliphatic carbocycles. The van der Waals surface area contributed by atoms with Gasteiger partial charge in [-0.05, 0) is 55.0 Å². The predicted molar refractivity (Wildman–Crippen MR) is 80.8 cm³/mol. The van der Waals surface area contributed by atoms with Crippen LogP contribution < -0.4 is 0 Å². The lowest BCUT2D eigenvalue weighted by atomic mass is 10.1. The maximum absolute atomic E-state index is 3.05. The molecule has 0 aromatic heterocycles. The molecular formula is C19H16. The summed E-state index contributed by atoms with van der Waals surface area (Å²) >= 11 is 0. The van der Waals surface area contributed by atoms with E-state index in [4.69, 9.17) is 0 Å². The van der Waals surface area contributed by atoms with Gasteiger partial charge in [0.05, 0.1) is 0 Å². The zero-order valence-corrected chi connectivity index (χ0v) is 11.3. The van der Waals surface area contributed by atoms with E-state index in [1.54, 1.807) is 0 Å². The highest BCUT2D eigenvalue weighted by atomic mass is 13.9. The van der Waals surface area contributed by atoms with Crippen LogP contribution in [0.5, 0.6) is 0 Å². The number of rotatable bonds is 1. The van der Waals surface area contributed by atoms with Gasteiger partial charge in [-0.25, -0.2) is 0 Å². The quantitative estimate of drug-likeness (QED) is 0.666. The first-order valence-electron chi connectivity index (χ1n) is 6.45. The van der Waals surface area contributed by atoms with Gasteiger partial charge in [0, 0.05) is 11.1 Å². The van der Waals surface area contributed by atoms with Gasteiger partial charge in [-0.15, -0.1) is 0 Å². The second-order valence-corrected chi connectivity index (χ2v) is 4.42. The molecule has 19 heavy (non-hydrogen) atoms. The molecule has 0 fully saturated rings. The summed E-state index contributed by atoms with van der Waals surface area (Å²) in [6.07, 6.45) is 1.06. The number of hydrogen-bond acceptors (Lipinski definition) is 0. The molecule has 0 unspecified atom stereocenters. The molecule has 0 atom stereocenters. The molecular weight excluding hydrogens is 228 g/mol. The number of hydrogen-bond donors (Lipinski definition) is 0. The van der Waals surface area contributed by atoms with Crippen LogP contribution in [0.3, 0.4) is 0 Å². The Labute approximate surface area is 115 Å². The van der Waals surface area contributed by atoms with Gasteiger partial charge in [0.1, 0.15) is 0 Å². The molecule has 0 heterocycles. The summed E-state index contributed by atoms with van der Waals surface area (Å²) in [6.45, 7) is 4.21. The Balaban J connectivity index is 2.06. The van der Waals surface area contributed by atoms with E-state index < -0.39 is 0 Å². The van der Waals surface area contributed by atoms with E-state index in [1.807, 2.05) is 24.3 Å². The van der Waals surface area contributed by atoms with Crippen molar-refractivity contribution in [3.05, 3.63) is 70.8 Å². The smallest absolute Gasteiger partial charge is 0.0255 e. The molecule has 0 spiro atoms. The second kappa shape index (κ2) is 6.48. The van der Waals surface area contributed by atoms with E-state index in [-0.39, 0.29) is 0 Å². The molecule has 0 aliphatic heterocycles. The van der Waals surface area contributed by atoms with E-state index in [1.165, 1.54) is 11.1 Å². The van der Waals surface area contributed by atoms with E-state index in [9.17, 15) is 0 Å². The standard InChI is InChI=1S/C19H16/c1-3-17-12-14-19(15-13-17)7-5-4-6-18-10-8-16(2)9-11-18/h8-15H,3H2,1-2H3. The molecule has 92 valence electrons. The van der Waals surface area contributed by atoms with E-state index in [2.05, 4.69) is 61.8 Å². The average molecular weight is 244 g/mol.